The van der Waals surface area contributed by atoms with Crippen LogP contribution in [0.15, 0.2) is 48.7 Å². The molecule has 1 aromatic carbocycles. The Morgan fingerprint density at radius 3 is 2.82 bits per heavy atom. The van der Waals surface area contributed by atoms with Crippen LogP contribution in [0.1, 0.15) is 40.5 Å². The maximum Gasteiger partial charge on any atom is 0.251 e. The first-order valence-corrected chi connectivity index (χ1v) is 9.55. The summed E-state index contributed by atoms with van der Waals surface area (Å²) in [7, 11) is 0. The molecule has 1 aliphatic rings. The van der Waals surface area contributed by atoms with Crippen LogP contribution < -0.4 is 5.32 Å². The van der Waals surface area contributed by atoms with Crippen molar-refractivity contribution >= 4 is 17.5 Å². The highest BCUT2D eigenvalue weighted by atomic mass is 16.2. The third-order valence-corrected chi connectivity index (χ3v) is 5.27. The van der Waals surface area contributed by atoms with Gasteiger partial charge >= 0.3 is 0 Å². The summed E-state index contributed by atoms with van der Waals surface area (Å²) >= 11 is 0. The molecule has 144 valence electrons. The number of piperidine rings is 1. The number of carbonyl (C=O) groups is 2. The molecule has 7 heteroatoms. The average molecular weight is 377 g/mol. The van der Waals surface area contributed by atoms with E-state index < -0.39 is 0 Å². The van der Waals surface area contributed by atoms with E-state index >= 15 is 0 Å². The van der Waals surface area contributed by atoms with Crippen molar-refractivity contribution in [1.29, 1.82) is 0 Å². The van der Waals surface area contributed by atoms with Crippen LogP contribution in [0.25, 0.3) is 5.65 Å². The van der Waals surface area contributed by atoms with Gasteiger partial charge in [-0.05, 0) is 43.5 Å². The molecule has 0 spiro atoms. The van der Waals surface area contributed by atoms with Gasteiger partial charge in [0.05, 0.1) is 6.54 Å². The largest absolute Gasteiger partial charge is 0.343 e. The van der Waals surface area contributed by atoms with Crippen molar-refractivity contribution in [2.75, 3.05) is 19.6 Å². The Balaban J connectivity index is 1.40. The number of amides is 2. The summed E-state index contributed by atoms with van der Waals surface area (Å²) in [6.45, 7) is 3.18. The molecule has 0 radical (unpaired) electrons. The number of hydrogen-bond donors (Lipinski definition) is 1. The zero-order chi connectivity index (χ0) is 19.5. The predicted octanol–water partition coefficient (Wildman–Crippen LogP) is 2.17. The molecule has 2 amide bonds. The molecule has 28 heavy (non-hydrogen) atoms. The van der Waals surface area contributed by atoms with Gasteiger partial charge in [0.1, 0.15) is 5.82 Å². The molecule has 3 aromatic rings. The molecular formula is C21H23N5O2. The summed E-state index contributed by atoms with van der Waals surface area (Å²) in [4.78, 5) is 26.8. The average Bonchev–Trinajstić information content (AvgIpc) is 3.16. The lowest BCUT2D eigenvalue weighted by Crippen LogP contribution is -2.44. The van der Waals surface area contributed by atoms with Crippen LogP contribution >= 0.6 is 0 Å². The van der Waals surface area contributed by atoms with Crippen LogP contribution in [0.3, 0.4) is 0 Å². The third-order valence-electron chi connectivity index (χ3n) is 5.27. The number of nitrogens with zero attached hydrogens (tertiary/aromatic N) is 4. The van der Waals surface area contributed by atoms with Gasteiger partial charge in [0.15, 0.2) is 5.65 Å². The van der Waals surface area contributed by atoms with Crippen LogP contribution in [0.5, 0.6) is 0 Å². The van der Waals surface area contributed by atoms with E-state index in [9.17, 15) is 9.59 Å². The van der Waals surface area contributed by atoms with E-state index in [1.165, 1.54) is 0 Å². The Hall–Kier alpha value is -3.22. The molecule has 1 unspecified atom stereocenters. The maximum atomic E-state index is 12.7. The fourth-order valence-electron chi connectivity index (χ4n) is 3.74. The van der Waals surface area contributed by atoms with Gasteiger partial charge in [0, 0.05) is 30.8 Å². The molecule has 1 N–H and O–H groups in total. The SMILES string of the molecule is Cc1ccccc1C(=O)NCC(=O)N1CCCC(c2nnc3ccccn23)C1. The number of likely N-dealkylation sites (tertiary alicyclic amines) is 1. The molecule has 7 nitrogen and oxygen atoms in total. The number of rotatable bonds is 4. The standard InChI is InChI=1S/C21H23N5O2/c1-15-7-2-3-9-17(15)21(28)22-13-19(27)25-11-6-8-16(14-25)20-24-23-18-10-4-5-12-26(18)20/h2-5,7,9-10,12,16H,6,8,11,13-14H2,1H3,(H,22,28). The maximum absolute atomic E-state index is 12.7. The van der Waals surface area contributed by atoms with Gasteiger partial charge in [-0.2, -0.15) is 0 Å². The van der Waals surface area contributed by atoms with Crippen LogP contribution in [0, 0.1) is 6.92 Å². The van der Waals surface area contributed by atoms with E-state index in [1.807, 2.05) is 58.8 Å². The first-order chi connectivity index (χ1) is 13.6. The lowest BCUT2D eigenvalue weighted by Gasteiger charge is -2.32. The van der Waals surface area contributed by atoms with E-state index in [1.54, 1.807) is 6.07 Å². The number of aromatic nitrogens is 3. The highest BCUT2D eigenvalue weighted by Crippen LogP contribution is 2.26. The number of fused-ring (bicyclic) bond motifs is 1. The fourth-order valence-corrected chi connectivity index (χ4v) is 3.74. The van der Waals surface area contributed by atoms with Crippen molar-refractivity contribution in [3.05, 3.63) is 65.6 Å². The number of pyridine rings is 1. The summed E-state index contributed by atoms with van der Waals surface area (Å²) in [6, 6.07) is 13.2. The van der Waals surface area contributed by atoms with Crippen LogP contribution in [0.2, 0.25) is 0 Å². The number of aryl methyl sites for hydroxylation is 1. The minimum absolute atomic E-state index is 0.000465. The molecule has 0 aliphatic carbocycles. The van der Waals surface area contributed by atoms with E-state index in [-0.39, 0.29) is 24.3 Å². The van der Waals surface area contributed by atoms with Gasteiger partial charge in [0.2, 0.25) is 5.91 Å². The Morgan fingerprint density at radius 2 is 1.96 bits per heavy atom. The molecule has 0 saturated carbocycles. The first-order valence-electron chi connectivity index (χ1n) is 9.55. The van der Waals surface area contributed by atoms with Crippen molar-refractivity contribution in [3.8, 4) is 0 Å². The van der Waals surface area contributed by atoms with Crippen LogP contribution in [-0.2, 0) is 4.79 Å². The van der Waals surface area contributed by atoms with E-state index in [0.29, 0.717) is 18.7 Å². The quantitative estimate of drug-likeness (QED) is 0.756. The van der Waals surface area contributed by atoms with E-state index in [4.69, 9.17) is 0 Å². The molecule has 1 fully saturated rings. The van der Waals surface area contributed by atoms with Gasteiger partial charge < -0.3 is 10.2 Å². The number of carbonyl (C=O) groups excluding carboxylic acids is 2. The predicted molar refractivity (Wildman–Crippen MR) is 105 cm³/mol. The molecule has 2 aromatic heterocycles. The van der Waals surface area contributed by atoms with Crippen molar-refractivity contribution in [1.82, 2.24) is 24.8 Å². The smallest absolute Gasteiger partial charge is 0.251 e. The summed E-state index contributed by atoms with van der Waals surface area (Å²) in [5.41, 5.74) is 2.30. The molecule has 0 bridgehead atoms. The third kappa shape index (κ3) is 3.60. The second-order valence-electron chi connectivity index (χ2n) is 7.16. The lowest BCUT2D eigenvalue weighted by molar-refractivity contribution is -0.131. The van der Waals surface area contributed by atoms with Crippen molar-refractivity contribution in [2.45, 2.75) is 25.7 Å². The monoisotopic (exact) mass is 377 g/mol. The van der Waals surface area contributed by atoms with Gasteiger partial charge in [-0.25, -0.2) is 0 Å². The zero-order valence-corrected chi connectivity index (χ0v) is 15.8. The van der Waals surface area contributed by atoms with Crippen LogP contribution in [-0.4, -0.2) is 50.9 Å². The molecule has 1 saturated heterocycles. The normalized spacial score (nSPS) is 16.9. The minimum Gasteiger partial charge on any atom is -0.343 e. The minimum atomic E-state index is -0.219. The van der Waals surface area contributed by atoms with Gasteiger partial charge in [-0.3, -0.25) is 14.0 Å². The number of hydrogen-bond acceptors (Lipinski definition) is 4. The second-order valence-corrected chi connectivity index (χ2v) is 7.16. The summed E-state index contributed by atoms with van der Waals surface area (Å²) in [5, 5.41) is 11.3. The van der Waals surface area contributed by atoms with Gasteiger partial charge in [-0.1, -0.05) is 24.3 Å². The van der Waals surface area contributed by atoms with E-state index in [0.717, 1.165) is 29.9 Å². The highest BCUT2D eigenvalue weighted by Gasteiger charge is 2.28. The topological polar surface area (TPSA) is 79.6 Å². The molecule has 1 aliphatic heterocycles. The summed E-state index contributed by atoms with van der Waals surface area (Å²) in [5.74, 6) is 0.739. The Labute approximate surface area is 163 Å². The first kappa shape index (κ1) is 18.2. The van der Waals surface area contributed by atoms with Crippen molar-refractivity contribution in [3.63, 3.8) is 0 Å². The lowest BCUT2D eigenvalue weighted by atomic mass is 9.97. The molecule has 3 heterocycles. The Morgan fingerprint density at radius 1 is 1.14 bits per heavy atom. The highest BCUT2D eigenvalue weighted by molar-refractivity contribution is 5.97. The number of benzene rings is 1. The van der Waals surface area contributed by atoms with E-state index in [2.05, 4.69) is 15.5 Å². The summed E-state index contributed by atoms with van der Waals surface area (Å²) < 4.78 is 1.98. The summed E-state index contributed by atoms with van der Waals surface area (Å²) in [6.07, 6.45) is 3.83. The fraction of sp³-hybridized carbons (Fsp3) is 0.333. The van der Waals surface area contributed by atoms with Gasteiger partial charge in [0.25, 0.3) is 5.91 Å². The molecule has 4 rings (SSSR count). The van der Waals surface area contributed by atoms with Gasteiger partial charge in [-0.15, -0.1) is 10.2 Å². The Kier molecular flexibility index (Phi) is 5.06. The Bertz CT molecular complexity index is 1010. The number of nitrogens with one attached hydrogen (secondary N) is 1. The van der Waals surface area contributed by atoms with Crippen molar-refractivity contribution < 1.29 is 9.59 Å². The zero-order valence-electron chi connectivity index (χ0n) is 15.8. The molecular weight excluding hydrogens is 354 g/mol. The van der Waals surface area contributed by atoms with Crippen molar-refractivity contribution in [2.24, 2.45) is 0 Å². The molecule has 1 atom stereocenters. The van der Waals surface area contributed by atoms with Crippen LogP contribution in [0.4, 0.5) is 0 Å². The second kappa shape index (κ2) is 7.80.